The van der Waals surface area contributed by atoms with E-state index in [1.165, 1.54) is 0 Å². The van der Waals surface area contributed by atoms with E-state index in [0.717, 1.165) is 29.4 Å². The van der Waals surface area contributed by atoms with Crippen molar-refractivity contribution in [3.63, 3.8) is 0 Å². The van der Waals surface area contributed by atoms with Gasteiger partial charge in [0.1, 0.15) is 11.6 Å². The molecule has 2 rings (SSSR count). The van der Waals surface area contributed by atoms with E-state index in [0.29, 0.717) is 0 Å². The third-order valence-corrected chi connectivity index (χ3v) is 2.37. The van der Waals surface area contributed by atoms with Gasteiger partial charge in [-0.2, -0.15) is 0 Å². The number of imidazole rings is 1. The van der Waals surface area contributed by atoms with Gasteiger partial charge < -0.3 is 15.0 Å². The summed E-state index contributed by atoms with van der Waals surface area (Å²) in [5, 5.41) is 3.05. The number of aromatic amines is 1. The van der Waals surface area contributed by atoms with Gasteiger partial charge in [-0.25, -0.2) is 4.98 Å². The molecule has 1 aromatic heterocycles. The van der Waals surface area contributed by atoms with Crippen LogP contribution in [0, 0.1) is 0 Å². The lowest BCUT2D eigenvalue weighted by molar-refractivity contribution is 0.415. The van der Waals surface area contributed by atoms with Crippen molar-refractivity contribution in [2.45, 2.75) is 6.54 Å². The van der Waals surface area contributed by atoms with Crippen molar-refractivity contribution < 1.29 is 4.74 Å². The maximum Gasteiger partial charge on any atom is 0.120 e. The van der Waals surface area contributed by atoms with Gasteiger partial charge in [-0.15, -0.1) is 24.8 Å². The highest BCUT2D eigenvalue weighted by atomic mass is 35.5. The Kier molecular flexibility index (Phi) is 7.43. The quantitative estimate of drug-likeness (QED) is 0.910. The molecule has 1 aromatic carbocycles. The van der Waals surface area contributed by atoms with Crippen molar-refractivity contribution in [2.75, 3.05) is 14.2 Å². The fourth-order valence-corrected chi connectivity index (χ4v) is 1.54. The van der Waals surface area contributed by atoms with Crippen molar-refractivity contribution in [2.24, 2.45) is 0 Å². The van der Waals surface area contributed by atoms with Crippen LogP contribution in [-0.2, 0) is 6.54 Å². The van der Waals surface area contributed by atoms with E-state index >= 15 is 0 Å². The van der Waals surface area contributed by atoms with Crippen molar-refractivity contribution >= 4 is 24.8 Å². The zero-order chi connectivity index (χ0) is 11.4. The first-order chi connectivity index (χ1) is 7.83. The first-order valence-electron chi connectivity index (χ1n) is 5.16. The molecular weight excluding hydrogens is 273 g/mol. The molecule has 0 unspecified atom stereocenters. The van der Waals surface area contributed by atoms with Crippen LogP contribution in [0.25, 0.3) is 11.3 Å². The second-order valence-electron chi connectivity index (χ2n) is 3.50. The van der Waals surface area contributed by atoms with Gasteiger partial charge in [0.2, 0.25) is 0 Å². The number of methoxy groups -OCH3 is 1. The third-order valence-electron chi connectivity index (χ3n) is 2.37. The van der Waals surface area contributed by atoms with Gasteiger partial charge in [0.25, 0.3) is 0 Å². The minimum atomic E-state index is 0. The Morgan fingerprint density at radius 3 is 2.44 bits per heavy atom. The molecule has 0 bridgehead atoms. The van der Waals surface area contributed by atoms with Crippen molar-refractivity contribution in [1.29, 1.82) is 0 Å². The summed E-state index contributed by atoms with van der Waals surface area (Å²) in [5.41, 5.74) is 2.13. The average molecular weight is 290 g/mol. The predicted molar refractivity (Wildman–Crippen MR) is 77.8 cm³/mol. The zero-order valence-corrected chi connectivity index (χ0v) is 11.9. The molecule has 2 aromatic rings. The molecule has 4 nitrogen and oxygen atoms in total. The molecule has 0 saturated carbocycles. The molecule has 0 aliphatic rings. The minimum absolute atomic E-state index is 0. The molecule has 0 aliphatic carbocycles. The van der Waals surface area contributed by atoms with Crippen LogP contribution in [0.5, 0.6) is 5.75 Å². The van der Waals surface area contributed by atoms with Crippen LogP contribution >= 0.6 is 24.8 Å². The number of nitrogens with one attached hydrogen (secondary N) is 2. The van der Waals surface area contributed by atoms with Gasteiger partial charge in [-0.05, 0) is 36.9 Å². The van der Waals surface area contributed by atoms with E-state index in [-0.39, 0.29) is 24.8 Å². The largest absolute Gasteiger partial charge is 0.497 e. The first-order valence-corrected chi connectivity index (χ1v) is 5.16. The van der Waals surface area contributed by atoms with Crippen molar-refractivity contribution in [1.82, 2.24) is 15.3 Å². The molecule has 0 atom stereocenters. The Morgan fingerprint density at radius 1 is 1.22 bits per heavy atom. The van der Waals surface area contributed by atoms with Gasteiger partial charge in [0.05, 0.1) is 25.5 Å². The van der Waals surface area contributed by atoms with Crippen molar-refractivity contribution in [3.8, 4) is 17.0 Å². The van der Waals surface area contributed by atoms with Crippen LogP contribution in [0.1, 0.15) is 5.82 Å². The van der Waals surface area contributed by atoms with Crippen LogP contribution in [0.2, 0.25) is 0 Å². The smallest absolute Gasteiger partial charge is 0.120 e. The molecule has 0 aliphatic heterocycles. The van der Waals surface area contributed by atoms with E-state index in [1.54, 1.807) is 7.11 Å². The van der Waals surface area contributed by atoms with Crippen molar-refractivity contribution in [3.05, 3.63) is 36.3 Å². The van der Waals surface area contributed by atoms with E-state index in [9.17, 15) is 0 Å². The number of benzene rings is 1. The van der Waals surface area contributed by atoms with E-state index in [1.807, 2.05) is 37.5 Å². The Balaban J connectivity index is 0.00000144. The summed E-state index contributed by atoms with van der Waals surface area (Å²) in [5.74, 6) is 1.80. The Labute approximate surface area is 119 Å². The topological polar surface area (TPSA) is 49.9 Å². The number of nitrogens with zero attached hydrogens (tertiary/aromatic N) is 1. The zero-order valence-electron chi connectivity index (χ0n) is 10.3. The average Bonchev–Trinajstić information content (AvgIpc) is 2.78. The molecule has 0 radical (unpaired) electrons. The Hall–Kier alpha value is -1.23. The third kappa shape index (κ3) is 3.91. The lowest BCUT2D eigenvalue weighted by atomic mass is 10.2. The molecule has 1 heterocycles. The summed E-state index contributed by atoms with van der Waals surface area (Å²) in [6.07, 6.45) is 1.84. The molecule has 2 N–H and O–H groups in total. The Morgan fingerprint density at radius 2 is 1.89 bits per heavy atom. The van der Waals surface area contributed by atoms with Gasteiger partial charge in [0, 0.05) is 0 Å². The highest BCUT2D eigenvalue weighted by Gasteiger charge is 2.02. The lowest BCUT2D eigenvalue weighted by Gasteiger charge is -2.01. The summed E-state index contributed by atoms with van der Waals surface area (Å²) < 4.78 is 5.11. The summed E-state index contributed by atoms with van der Waals surface area (Å²) in [7, 11) is 3.56. The Bertz CT molecular complexity index is 457. The summed E-state index contributed by atoms with van der Waals surface area (Å²) in [4.78, 5) is 7.53. The lowest BCUT2D eigenvalue weighted by Crippen LogP contribution is -2.06. The number of rotatable bonds is 4. The highest BCUT2D eigenvalue weighted by Crippen LogP contribution is 2.20. The highest BCUT2D eigenvalue weighted by molar-refractivity contribution is 5.85. The second kappa shape index (κ2) is 7.97. The molecule has 0 amide bonds. The van der Waals surface area contributed by atoms with E-state index in [2.05, 4.69) is 15.3 Å². The minimum Gasteiger partial charge on any atom is -0.497 e. The van der Waals surface area contributed by atoms with Gasteiger partial charge >= 0.3 is 0 Å². The summed E-state index contributed by atoms with van der Waals surface area (Å²) in [6.45, 7) is 0.746. The van der Waals surface area contributed by atoms with E-state index < -0.39 is 0 Å². The number of hydrogen-bond acceptors (Lipinski definition) is 3. The molecule has 18 heavy (non-hydrogen) atoms. The number of aromatic nitrogens is 2. The molecule has 0 fully saturated rings. The first kappa shape index (κ1) is 16.8. The SMILES string of the molecule is CNCc1ncc(-c2ccc(OC)cc2)[nH]1.Cl.Cl. The fourth-order valence-electron chi connectivity index (χ4n) is 1.54. The normalized spacial score (nSPS) is 9.22. The summed E-state index contributed by atoms with van der Waals surface area (Å²) in [6, 6.07) is 7.90. The van der Waals surface area contributed by atoms with Crippen LogP contribution in [-0.4, -0.2) is 24.1 Å². The van der Waals surface area contributed by atoms with E-state index in [4.69, 9.17) is 4.74 Å². The maximum absolute atomic E-state index is 5.11. The van der Waals surface area contributed by atoms with Crippen LogP contribution in [0.4, 0.5) is 0 Å². The molecule has 0 spiro atoms. The standard InChI is InChI=1S/C12H15N3O.2ClH/c1-13-8-12-14-7-11(15-12)9-3-5-10(16-2)6-4-9;;/h3-7,13H,8H2,1-2H3,(H,14,15);2*1H. The molecular formula is C12H17Cl2N3O. The van der Waals surface area contributed by atoms with Crippen LogP contribution < -0.4 is 10.1 Å². The van der Waals surface area contributed by atoms with Gasteiger partial charge in [0.15, 0.2) is 0 Å². The van der Waals surface area contributed by atoms with Crippen LogP contribution in [0.15, 0.2) is 30.5 Å². The number of halogens is 2. The fraction of sp³-hybridized carbons (Fsp3) is 0.250. The second-order valence-corrected chi connectivity index (χ2v) is 3.50. The summed E-state index contributed by atoms with van der Waals surface area (Å²) >= 11 is 0. The number of hydrogen-bond donors (Lipinski definition) is 2. The van der Waals surface area contributed by atoms with Gasteiger partial charge in [-0.3, -0.25) is 0 Å². The van der Waals surface area contributed by atoms with Crippen LogP contribution in [0.3, 0.4) is 0 Å². The van der Waals surface area contributed by atoms with Gasteiger partial charge in [-0.1, -0.05) is 0 Å². The molecule has 6 heteroatoms. The molecule has 0 saturated heterocycles. The maximum atomic E-state index is 5.11. The predicted octanol–water partition coefficient (Wildman–Crippen LogP) is 2.65. The monoisotopic (exact) mass is 289 g/mol. The number of ether oxygens (including phenoxy) is 1. The molecule has 100 valence electrons. The number of H-pyrrole nitrogens is 1.